The number of hydrogen-bond acceptors (Lipinski definition) is 1. The van der Waals surface area contributed by atoms with E-state index in [0.717, 1.165) is 30.0 Å². The van der Waals surface area contributed by atoms with E-state index < -0.39 is 0 Å². The van der Waals surface area contributed by atoms with Crippen LogP contribution in [0, 0.1) is 0 Å². The molecule has 0 radical (unpaired) electrons. The maximum absolute atomic E-state index is 6.14. The average Bonchev–Trinajstić information content (AvgIpc) is 2.45. The number of hydrogen-bond donors (Lipinski definition) is 1. The molecule has 2 aromatic carbocycles. The van der Waals surface area contributed by atoms with E-state index in [1.807, 2.05) is 18.2 Å². The molecule has 0 aliphatic carbocycles. The minimum Gasteiger partial charge on any atom is -0.310 e. The third-order valence-corrected chi connectivity index (χ3v) is 3.68. The molecule has 0 bridgehead atoms. The average molecular weight is 274 g/mol. The second kappa shape index (κ2) is 7.32. The molecule has 0 aliphatic heterocycles. The molecule has 1 nitrogen and oxygen atoms in total. The number of benzene rings is 2. The van der Waals surface area contributed by atoms with Gasteiger partial charge in [0.05, 0.1) is 0 Å². The van der Waals surface area contributed by atoms with Gasteiger partial charge >= 0.3 is 0 Å². The SMILES string of the molecule is CC(CCc1ccccc1)NCc1ccccc1Cl. The van der Waals surface area contributed by atoms with Gasteiger partial charge in [-0.25, -0.2) is 0 Å². The summed E-state index contributed by atoms with van der Waals surface area (Å²) >= 11 is 6.14. The van der Waals surface area contributed by atoms with Gasteiger partial charge in [-0.15, -0.1) is 0 Å². The second-order valence-electron chi connectivity index (χ2n) is 4.90. The number of nitrogens with one attached hydrogen (secondary N) is 1. The molecule has 2 rings (SSSR count). The van der Waals surface area contributed by atoms with Crippen molar-refractivity contribution in [1.82, 2.24) is 5.32 Å². The Hall–Kier alpha value is -1.31. The molecule has 0 saturated carbocycles. The van der Waals surface area contributed by atoms with Gasteiger partial charge in [-0.2, -0.15) is 0 Å². The van der Waals surface area contributed by atoms with E-state index >= 15 is 0 Å². The Balaban J connectivity index is 1.76. The highest BCUT2D eigenvalue weighted by atomic mass is 35.5. The van der Waals surface area contributed by atoms with E-state index in [-0.39, 0.29) is 0 Å². The summed E-state index contributed by atoms with van der Waals surface area (Å²) in [5.74, 6) is 0. The van der Waals surface area contributed by atoms with E-state index in [2.05, 4.69) is 48.6 Å². The summed E-state index contributed by atoms with van der Waals surface area (Å²) in [6, 6.07) is 19.1. The number of aryl methyl sites for hydroxylation is 1. The van der Waals surface area contributed by atoms with Gasteiger partial charge < -0.3 is 5.32 Å². The van der Waals surface area contributed by atoms with Crippen molar-refractivity contribution in [2.45, 2.75) is 32.4 Å². The highest BCUT2D eigenvalue weighted by Crippen LogP contribution is 2.15. The molecule has 100 valence electrons. The summed E-state index contributed by atoms with van der Waals surface area (Å²) in [6.45, 7) is 3.05. The van der Waals surface area contributed by atoms with Crippen LogP contribution in [-0.4, -0.2) is 6.04 Å². The first-order valence-electron chi connectivity index (χ1n) is 6.76. The van der Waals surface area contributed by atoms with Crippen LogP contribution < -0.4 is 5.32 Å². The lowest BCUT2D eigenvalue weighted by molar-refractivity contribution is 0.514. The van der Waals surface area contributed by atoms with Crippen molar-refractivity contribution in [1.29, 1.82) is 0 Å². The lowest BCUT2D eigenvalue weighted by atomic mass is 10.1. The van der Waals surface area contributed by atoms with Crippen molar-refractivity contribution in [2.24, 2.45) is 0 Å². The van der Waals surface area contributed by atoms with Crippen LogP contribution in [0.3, 0.4) is 0 Å². The quantitative estimate of drug-likeness (QED) is 0.820. The van der Waals surface area contributed by atoms with Crippen molar-refractivity contribution in [3.8, 4) is 0 Å². The smallest absolute Gasteiger partial charge is 0.0450 e. The molecule has 2 aromatic rings. The van der Waals surface area contributed by atoms with Crippen molar-refractivity contribution in [2.75, 3.05) is 0 Å². The minimum atomic E-state index is 0.483. The lowest BCUT2D eigenvalue weighted by Gasteiger charge is -2.14. The van der Waals surface area contributed by atoms with Gasteiger partial charge in [0.25, 0.3) is 0 Å². The largest absolute Gasteiger partial charge is 0.310 e. The fraction of sp³-hybridized carbons (Fsp3) is 0.294. The van der Waals surface area contributed by atoms with Crippen LogP contribution >= 0.6 is 11.6 Å². The van der Waals surface area contributed by atoms with Crippen LogP contribution in [-0.2, 0) is 13.0 Å². The summed E-state index contributed by atoms with van der Waals surface area (Å²) in [4.78, 5) is 0. The predicted octanol–water partition coefficient (Wildman–Crippen LogP) is 4.45. The topological polar surface area (TPSA) is 12.0 Å². The third-order valence-electron chi connectivity index (χ3n) is 3.31. The molecule has 0 spiro atoms. The van der Waals surface area contributed by atoms with E-state index in [4.69, 9.17) is 11.6 Å². The first-order chi connectivity index (χ1) is 9.25. The Morgan fingerprint density at radius 1 is 1.00 bits per heavy atom. The Morgan fingerprint density at radius 3 is 2.42 bits per heavy atom. The highest BCUT2D eigenvalue weighted by Gasteiger charge is 2.04. The van der Waals surface area contributed by atoms with Gasteiger partial charge in [-0.1, -0.05) is 60.1 Å². The normalized spacial score (nSPS) is 12.3. The molecule has 0 saturated heterocycles. The van der Waals surface area contributed by atoms with E-state index in [9.17, 15) is 0 Å². The Bertz CT molecular complexity index is 496. The van der Waals surface area contributed by atoms with Gasteiger partial charge in [-0.3, -0.25) is 0 Å². The highest BCUT2D eigenvalue weighted by molar-refractivity contribution is 6.31. The van der Waals surface area contributed by atoms with Gasteiger partial charge in [0, 0.05) is 17.6 Å². The molecular weight excluding hydrogens is 254 g/mol. The summed E-state index contributed by atoms with van der Waals surface area (Å²) in [7, 11) is 0. The molecule has 0 aromatic heterocycles. The summed E-state index contributed by atoms with van der Waals surface area (Å²) in [5.41, 5.74) is 2.56. The van der Waals surface area contributed by atoms with Crippen molar-refractivity contribution < 1.29 is 0 Å². The second-order valence-corrected chi connectivity index (χ2v) is 5.30. The van der Waals surface area contributed by atoms with Crippen molar-refractivity contribution >= 4 is 11.6 Å². The standard InChI is InChI=1S/C17H20ClN/c1-14(11-12-15-7-3-2-4-8-15)19-13-16-9-5-6-10-17(16)18/h2-10,14,19H,11-13H2,1H3. The predicted molar refractivity (Wildman–Crippen MR) is 82.5 cm³/mol. The Morgan fingerprint density at radius 2 is 1.68 bits per heavy atom. The molecule has 0 amide bonds. The van der Waals surface area contributed by atoms with Crippen LogP contribution in [0.2, 0.25) is 5.02 Å². The van der Waals surface area contributed by atoms with Crippen molar-refractivity contribution in [3.05, 3.63) is 70.7 Å². The number of rotatable bonds is 6. The first kappa shape index (κ1) is 14.1. The summed E-state index contributed by atoms with van der Waals surface area (Å²) in [5, 5.41) is 4.36. The molecule has 0 heterocycles. The van der Waals surface area contributed by atoms with Crippen molar-refractivity contribution in [3.63, 3.8) is 0 Å². The van der Waals surface area contributed by atoms with Gasteiger partial charge in [-0.05, 0) is 37.0 Å². The molecular formula is C17H20ClN. The van der Waals surface area contributed by atoms with Crippen LogP contribution in [0.4, 0.5) is 0 Å². The zero-order valence-corrected chi connectivity index (χ0v) is 12.0. The first-order valence-corrected chi connectivity index (χ1v) is 7.14. The zero-order chi connectivity index (χ0) is 13.5. The molecule has 0 aliphatic rings. The Kier molecular flexibility index (Phi) is 5.44. The van der Waals surface area contributed by atoms with Gasteiger partial charge in [0.15, 0.2) is 0 Å². The Labute approximate surface area is 120 Å². The van der Waals surface area contributed by atoms with E-state index in [0.29, 0.717) is 6.04 Å². The molecule has 0 fully saturated rings. The minimum absolute atomic E-state index is 0.483. The van der Waals surface area contributed by atoms with E-state index in [1.54, 1.807) is 0 Å². The van der Waals surface area contributed by atoms with Gasteiger partial charge in [0.2, 0.25) is 0 Å². The van der Waals surface area contributed by atoms with Crippen LogP contribution in [0.25, 0.3) is 0 Å². The molecule has 2 heteroatoms. The zero-order valence-electron chi connectivity index (χ0n) is 11.3. The maximum Gasteiger partial charge on any atom is 0.0450 e. The third kappa shape index (κ3) is 4.70. The van der Waals surface area contributed by atoms with Crippen LogP contribution in [0.1, 0.15) is 24.5 Å². The monoisotopic (exact) mass is 273 g/mol. The fourth-order valence-electron chi connectivity index (χ4n) is 2.06. The fourth-order valence-corrected chi connectivity index (χ4v) is 2.26. The number of halogens is 1. The van der Waals surface area contributed by atoms with Crippen LogP contribution in [0.15, 0.2) is 54.6 Å². The molecule has 1 N–H and O–H groups in total. The molecule has 1 atom stereocenters. The lowest BCUT2D eigenvalue weighted by Crippen LogP contribution is -2.26. The van der Waals surface area contributed by atoms with Gasteiger partial charge in [0.1, 0.15) is 0 Å². The molecule has 1 unspecified atom stereocenters. The summed E-state index contributed by atoms with van der Waals surface area (Å²) in [6.07, 6.45) is 2.24. The van der Waals surface area contributed by atoms with Crippen LogP contribution in [0.5, 0.6) is 0 Å². The summed E-state index contributed by atoms with van der Waals surface area (Å²) < 4.78 is 0. The van der Waals surface area contributed by atoms with E-state index in [1.165, 1.54) is 5.56 Å². The maximum atomic E-state index is 6.14. The molecule has 19 heavy (non-hydrogen) atoms.